The molecule has 3 N–H and O–H groups in total. The Morgan fingerprint density at radius 3 is 2.39 bits per heavy atom. The van der Waals surface area contributed by atoms with Crippen LogP contribution in [-0.2, 0) is 34.3 Å². The van der Waals surface area contributed by atoms with Gasteiger partial charge in [-0.2, -0.15) is 10.1 Å². The first-order valence-corrected chi connectivity index (χ1v) is 20.4. The van der Waals surface area contributed by atoms with Crippen LogP contribution in [0.1, 0.15) is 84.5 Å². The number of H-pyrrole nitrogens is 1. The Morgan fingerprint density at radius 1 is 0.915 bits per heavy atom. The van der Waals surface area contributed by atoms with Crippen molar-refractivity contribution in [3.05, 3.63) is 112 Å². The number of piperazine rings is 1. The van der Waals surface area contributed by atoms with Gasteiger partial charge in [0.05, 0.1) is 11.5 Å². The van der Waals surface area contributed by atoms with Crippen LogP contribution in [0.15, 0.2) is 77.4 Å². The van der Waals surface area contributed by atoms with E-state index < -0.39 is 11.3 Å². The molecule has 2 fully saturated rings. The minimum Gasteiger partial charge on any atom is -0.369 e. The van der Waals surface area contributed by atoms with E-state index in [1.807, 2.05) is 52.9 Å². The van der Waals surface area contributed by atoms with Crippen LogP contribution in [-0.4, -0.2) is 80.7 Å². The van der Waals surface area contributed by atoms with Gasteiger partial charge in [0.2, 0.25) is 11.8 Å². The third-order valence-corrected chi connectivity index (χ3v) is 12.3. The number of imide groups is 1. The Kier molecular flexibility index (Phi) is 9.66. The molecule has 3 aliphatic rings. The van der Waals surface area contributed by atoms with Crippen LogP contribution in [0.4, 0.5) is 5.69 Å². The smallest absolute Gasteiger partial charge is 0.315 e. The normalized spacial score (nSPS) is 18.8. The van der Waals surface area contributed by atoms with Crippen molar-refractivity contribution in [3.8, 4) is 22.4 Å². The van der Waals surface area contributed by atoms with E-state index in [0.29, 0.717) is 25.1 Å². The zero-order valence-electron chi connectivity index (χ0n) is 34.2. The maximum atomic E-state index is 12.9. The van der Waals surface area contributed by atoms with E-state index in [4.69, 9.17) is 9.51 Å². The number of hydrogen-bond acceptors (Lipinski definition) is 10. The Balaban J connectivity index is 0.807. The van der Waals surface area contributed by atoms with Crippen LogP contribution in [0.3, 0.4) is 0 Å². The van der Waals surface area contributed by atoms with Crippen molar-refractivity contribution in [1.29, 1.82) is 0 Å². The Bertz CT molecular complexity index is 2600. The van der Waals surface area contributed by atoms with Crippen molar-refractivity contribution in [2.45, 2.75) is 71.8 Å². The fraction of sp³-hybridized carbons (Fsp3) is 0.370. The molecule has 3 amide bonds. The summed E-state index contributed by atoms with van der Waals surface area (Å²) in [5.74, 6) is -0.233. The first-order valence-electron chi connectivity index (χ1n) is 20.4. The maximum Gasteiger partial charge on any atom is 0.315 e. The molecule has 2 aliphatic heterocycles. The largest absolute Gasteiger partial charge is 0.369 e. The second kappa shape index (κ2) is 14.9. The Labute approximate surface area is 343 Å². The zero-order chi connectivity index (χ0) is 41.1. The number of nitrogens with one attached hydrogen (secondary N) is 3. The molecule has 13 heteroatoms. The molecule has 0 radical (unpaired) electrons. The van der Waals surface area contributed by atoms with Gasteiger partial charge in [-0.15, -0.1) is 0 Å². The van der Waals surface area contributed by atoms with Gasteiger partial charge in [0, 0.05) is 73.0 Å². The van der Waals surface area contributed by atoms with Gasteiger partial charge in [0.25, 0.3) is 0 Å². The van der Waals surface area contributed by atoms with Crippen molar-refractivity contribution in [2.75, 3.05) is 37.6 Å². The molecule has 1 spiro atoms. The molecule has 302 valence electrons. The highest BCUT2D eigenvalue weighted by atomic mass is 16.5. The molecule has 0 bridgehead atoms. The predicted molar refractivity (Wildman–Crippen MR) is 225 cm³/mol. The second-order valence-corrected chi connectivity index (χ2v) is 17.5. The summed E-state index contributed by atoms with van der Waals surface area (Å²) in [6.45, 7) is 14.8. The summed E-state index contributed by atoms with van der Waals surface area (Å²) in [6.07, 6.45) is 4.46. The van der Waals surface area contributed by atoms with Gasteiger partial charge in [-0.05, 0) is 90.8 Å². The molecule has 3 aromatic carbocycles. The van der Waals surface area contributed by atoms with Crippen molar-refractivity contribution >= 4 is 34.4 Å². The topological polar surface area (TPSA) is 162 Å². The fourth-order valence-corrected chi connectivity index (χ4v) is 8.87. The Morgan fingerprint density at radius 2 is 1.68 bits per heavy atom. The number of aromatic nitrogens is 5. The van der Waals surface area contributed by atoms with E-state index in [9.17, 15) is 14.4 Å². The zero-order valence-corrected chi connectivity index (χ0v) is 34.2. The maximum absolute atomic E-state index is 12.9. The van der Waals surface area contributed by atoms with Gasteiger partial charge in [-0.3, -0.25) is 29.7 Å². The molecular formula is C46H49N9O4. The van der Waals surface area contributed by atoms with E-state index >= 15 is 0 Å². The van der Waals surface area contributed by atoms with Crippen molar-refractivity contribution in [2.24, 2.45) is 5.41 Å². The average Bonchev–Trinajstić information content (AvgIpc) is 4.02. The molecule has 2 atom stereocenters. The monoisotopic (exact) mass is 791 g/mol. The van der Waals surface area contributed by atoms with E-state index in [1.165, 1.54) is 22.4 Å². The summed E-state index contributed by atoms with van der Waals surface area (Å²) in [5, 5.41) is 18.2. The van der Waals surface area contributed by atoms with Gasteiger partial charge >= 0.3 is 11.8 Å². The molecule has 9 rings (SSSR count). The van der Waals surface area contributed by atoms with E-state index in [2.05, 4.69) is 95.4 Å². The highest BCUT2D eigenvalue weighted by molar-refractivity contribution is 6.06. The predicted octanol–water partition coefficient (Wildman–Crippen LogP) is 6.27. The van der Waals surface area contributed by atoms with Gasteiger partial charge in [-0.25, -0.2) is 4.98 Å². The number of fused-ring (bicyclic) bond motifs is 2. The van der Waals surface area contributed by atoms with E-state index in [0.717, 1.165) is 83.7 Å². The third-order valence-electron chi connectivity index (χ3n) is 12.3. The summed E-state index contributed by atoms with van der Waals surface area (Å²) in [4.78, 5) is 51.3. The van der Waals surface area contributed by atoms with Crippen LogP contribution in [0.2, 0.25) is 0 Å². The second-order valence-electron chi connectivity index (χ2n) is 17.5. The van der Waals surface area contributed by atoms with Crippen LogP contribution in [0.5, 0.6) is 0 Å². The lowest BCUT2D eigenvalue weighted by atomic mass is 9.83. The molecular weight excluding hydrogens is 743 g/mol. The van der Waals surface area contributed by atoms with Crippen LogP contribution < -0.4 is 15.5 Å². The first kappa shape index (κ1) is 38.3. The van der Waals surface area contributed by atoms with Crippen LogP contribution >= 0.6 is 0 Å². The number of carbonyl (C=O) groups is 3. The van der Waals surface area contributed by atoms with E-state index in [-0.39, 0.29) is 29.2 Å². The summed E-state index contributed by atoms with van der Waals surface area (Å²) in [6, 6.07) is 23.3. The fourth-order valence-electron chi connectivity index (χ4n) is 8.87. The summed E-state index contributed by atoms with van der Waals surface area (Å²) in [7, 11) is 0. The molecule has 2 saturated heterocycles. The molecule has 6 aromatic rings. The van der Waals surface area contributed by atoms with Crippen molar-refractivity contribution in [1.82, 2.24) is 40.9 Å². The van der Waals surface area contributed by atoms with E-state index in [1.54, 1.807) is 0 Å². The highest BCUT2D eigenvalue weighted by Crippen LogP contribution is 2.43. The van der Waals surface area contributed by atoms with Gasteiger partial charge in [0.15, 0.2) is 11.5 Å². The van der Waals surface area contributed by atoms with Crippen LogP contribution in [0.25, 0.3) is 33.4 Å². The SMILES string of the molecule is Cc1cc(-c2n[nH]c3ncc(-c4ccc(N5CCN(CCc6ccc7c(c6)C[C@@]6(CC(=O)NC6=O)C7)CC5)cc4)cc23)ccc1[C@@H](C)NC(=O)c1nc(C(C)(C)C)no1. The standard InChI is InChI=1S/C46H49N9O4/c1-27-20-31(10-13-36(27)28(2)48-41(57)42-50-43(53-59-42)45(3,4)5)39-37-22-34(26-47-40(37)52-51-39)30-8-11-35(12-9-30)55-18-16-54(17-19-55)15-14-29-6-7-32-23-46(24-33(32)21-29)25-38(56)49-44(46)58/h6-13,20-22,26,28H,14-19,23-25H2,1-5H3,(H,48,57)(H,47,51,52)(H,49,56,58)/t28-,46-/m1/s1. The Hall–Kier alpha value is -6.21. The number of anilines is 1. The molecule has 3 aromatic heterocycles. The lowest BCUT2D eigenvalue weighted by molar-refractivity contribution is -0.128. The summed E-state index contributed by atoms with van der Waals surface area (Å²) in [5.41, 5.74) is 10.6. The van der Waals surface area contributed by atoms with Gasteiger partial charge < -0.3 is 14.7 Å². The number of nitrogens with zero attached hydrogens (tertiary/aromatic N) is 6. The summed E-state index contributed by atoms with van der Waals surface area (Å²) >= 11 is 0. The number of benzene rings is 3. The number of hydrogen-bond donors (Lipinski definition) is 3. The number of aromatic amines is 1. The number of carbonyl (C=O) groups excluding carboxylic acids is 3. The summed E-state index contributed by atoms with van der Waals surface area (Å²) < 4.78 is 5.24. The molecule has 0 saturated carbocycles. The van der Waals surface area contributed by atoms with Crippen LogP contribution in [0, 0.1) is 12.3 Å². The number of aryl methyl sites for hydroxylation is 1. The number of amides is 3. The number of pyridine rings is 1. The molecule has 59 heavy (non-hydrogen) atoms. The molecule has 0 unspecified atom stereocenters. The third kappa shape index (κ3) is 7.51. The molecule has 13 nitrogen and oxygen atoms in total. The average molecular weight is 792 g/mol. The quantitative estimate of drug-likeness (QED) is 0.142. The first-order chi connectivity index (χ1) is 28.3. The highest BCUT2D eigenvalue weighted by Gasteiger charge is 2.50. The minimum absolute atomic E-state index is 0.0480. The van der Waals surface area contributed by atoms with Gasteiger partial charge in [0.1, 0.15) is 5.69 Å². The van der Waals surface area contributed by atoms with Crippen molar-refractivity contribution in [3.63, 3.8) is 0 Å². The molecule has 1 aliphatic carbocycles. The van der Waals surface area contributed by atoms with Crippen molar-refractivity contribution < 1.29 is 18.9 Å². The minimum atomic E-state index is -0.575. The van der Waals surface area contributed by atoms with Gasteiger partial charge in [-0.1, -0.05) is 68.4 Å². The lowest BCUT2D eigenvalue weighted by Crippen LogP contribution is -2.47. The molecule has 5 heterocycles. The lowest BCUT2D eigenvalue weighted by Gasteiger charge is -2.36. The number of rotatable bonds is 9.